The maximum absolute atomic E-state index is 12.1. The van der Waals surface area contributed by atoms with Crippen molar-refractivity contribution in [1.82, 2.24) is 10.6 Å². The second-order valence-electron chi connectivity index (χ2n) is 6.19. The van der Waals surface area contributed by atoms with E-state index in [0.717, 1.165) is 0 Å². The number of carbonyl (C=O) groups excluding carboxylic acids is 3. The van der Waals surface area contributed by atoms with Crippen molar-refractivity contribution in [1.29, 1.82) is 0 Å². The van der Waals surface area contributed by atoms with E-state index in [0.29, 0.717) is 17.8 Å². The number of anilines is 2. The number of carbonyl (C=O) groups is 3. The highest BCUT2D eigenvalue weighted by Gasteiger charge is 2.29. The molecule has 1 aromatic rings. The van der Waals surface area contributed by atoms with Crippen molar-refractivity contribution >= 4 is 39.1 Å². The minimum absolute atomic E-state index is 0.0580. The maximum Gasteiger partial charge on any atom is 0.315 e. The third kappa shape index (κ3) is 6.03. The molecular weight excluding hydrogens is 360 g/mol. The number of sulfone groups is 1. The van der Waals surface area contributed by atoms with Crippen molar-refractivity contribution in [3.63, 3.8) is 0 Å². The van der Waals surface area contributed by atoms with Crippen LogP contribution in [0.15, 0.2) is 24.3 Å². The fourth-order valence-corrected chi connectivity index (χ4v) is 4.16. The number of hydrogen-bond donors (Lipinski definition) is 4. The summed E-state index contributed by atoms with van der Waals surface area (Å²) in [5.74, 6) is -0.642. The zero-order valence-electron chi connectivity index (χ0n) is 14.5. The third-order valence-electron chi connectivity index (χ3n) is 3.78. The first-order valence-electron chi connectivity index (χ1n) is 8.10. The van der Waals surface area contributed by atoms with Crippen molar-refractivity contribution in [2.45, 2.75) is 32.4 Å². The molecule has 26 heavy (non-hydrogen) atoms. The van der Waals surface area contributed by atoms with Gasteiger partial charge in [-0.2, -0.15) is 0 Å². The van der Waals surface area contributed by atoms with Gasteiger partial charge in [-0.15, -0.1) is 0 Å². The van der Waals surface area contributed by atoms with Crippen molar-refractivity contribution in [3.05, 3.63) is 24.3 Å². The summed E-state index contributed by atoms with van der Waals surface area (Å²) in [6, 6.07) is 4.69. The van der Waals surface area contributed by atoms with E-state index in [9.17, 15) is 22.8 Å². The fourth-order valence-electron chi connectivity index (χ4n) is 2.49. The number of rotatable bonds is 5. The lowest BCUT2D eigenvalue weighted by Crippen LogP contribution is -2.49. The molecule has 1 aliphatic rings. The maximum atomic E-state index is 12.1. The summed E-state index contributed by atoms with van der Waals surface area (Å²) in [6.45, 7) is 2.92. The van der Waals surface area contributed by atoms with Crippen LogP contribution in [0.4, 0.5) is 16.2 Å². The molecule has 0 bridgehead atoms. The molecule has 1 heterocycles. The predicted molar refractivity (Wildman–Crippen MR) is 97.6 cm³/mol. The van der Waals surface area contributed by atoms with Gasteiger partial charge in [-0.25, -0.2) is 13.2 Å². The van der Waals surface area contributed by atoms with Gasteiger partial charge in [0.1, 0.15) is 6.04 Å². The molecule has 0 aromatic heterocycles. The van der Waals surface area contributed by atoms with E-state index in [1.54, 1.807) is 24.3 Å². The van der Waals surface area contributed by atoms with Crippen LogP contribution < -0.4 is 21.3 Å². The van der Waals surface area contributed by atoms with E-state index in [-0.39, 0.29) is 17.4 Å². The smallest absolute Gasteiger partial charge is 0.315 e. The average molecular weight is 382 g/mol. The van der Waals surface area contributed by atoms with Gasteiger partial charge >= 0.3 is 6.03 Å². The summed E-state index contributed by atoms with van der Waals surface area (Å²) in [5, 5.41) is 10.3. The first kappa shape index (κ1) is 19.7. The Morgan fingerprint density at radius 2 is 1.65 bits per heavy atom. The quantitative estimate of drug-likeness (QED) is 0.587. The Labute approximate surface area is 151 Å². The van der Waals surface area contributed by atoms with Crippen LogP contribution in [-0.2, 0) is 19.4 Å². The van der Waals surface area contributed by atoms with E-state index in [4.69, 9.17) is 0 Å². The van der Waals surface area contributed by atoms with E-state index < -0.39 is 33.9 Å². The second-order valence-corrected chi connectivity index (χ2v) is 8.42. The highest BCUT2D eigenvalue weighted by molar-refractivity contribution is 7.91. The van der Waals surface area contributed by atoms with Crippen LogP contribution in [0.5, 0.6) is 0 Å². The Kier molecular flexibility index (Phi) is 6.19. The lowest BCUT2D eigenvalue weighted by molar-refractivity contribution is -0.117. The Morgan fingerprint density at radius 3 is 2.15 bits per heavy atom. The molecule has 2 unspecified atom stereocenters. The molecule has 4 amide bonds. The molecule has 0 aliphatic carbocycles. The largest absolute Gasteiger partial charge is 0.334 e. The summed E-state index contributed by atoms with van der Waals surface area (Å²) in [4.78, 5) is 35.0. The van der Waals surface area contributed by atoms with Crippen molar-refractivity contribution in [2.75, 3.05) is 22.1 Å². The Morgan fingerprint density at radius 1 is 1.08 bits per heavy atom. The van der Waals surface area contributed by atoms with E-state index in [1.165, 1.54) is 13.8 Å². The lowest BCUT2D eigenvalue weighted by atomic mass is 10.2. The molecule has 1 saturated heterocycles. The SMILES string of the molecule is CC(=O)Nc1ccc(NC(=O)C(C)NC(=O)NC2CCS(=O)(=O)C2)cc1. The molecule has 9 nitrogen and oxygen atoms in total. The van der Waals surface area contributed by atoms with Crippen molar-refractivity contribution in [3.8, 4) is 0 Å². The molecule has 10 heteroatoms. The summed E-state index contributed by atoms with van der Waals surface area (Å²) >= 11 is 0. The number of amides is 4. The second kappa shape index (κ2) is 8.17. The average Bonchev–Trinajstić information content (AvgIpc) is 2.87. The first-order chi connectivity index (χ1) is 12.1. The summed E-state index contributed by atoms with van der Waals surface area (Å²) in [6.07, 6.45) is 0.372. The summed E-state index contributed by atoms with van der Waals surface area (Å²) in [5.41, 5.74) is 1.12. The zero-order valence-corrected chi connectivity index (χ0v) is 15.4. The van der Waals surface area contributed by atoms with Gasteiger partial charge in [-0.05, 0) is 37.6 Å². The van der Waals surface area contributed by atoms with Crippen LogP contribution in [0.3, 0.4) is 0 Å². The molecule has 1 fully saturated rings. The molecule has 142 valence electrons. The van der Waals surface area contributed by atoms with Gasteiger partial charge in [0.05, 0.1) is 11.5 Å². The van der Waals surface area contributed by atoms with Crippen LogP contribution in [0.1, 0.15) is 20.3 Å². The van der Waals surface area contributed by atoms with Gasteiger partial charge in [0.15, 0.2) is 9.84 Å². The molecule has 0 saturated carbocycles. The van der Waals surface area contributed by atoms with Crippen molar-refractivity contribution < 1.29 is 22.8 Å². The molecule has 1 aliphatic heterocycles. The van der Waals surface area contributed by atoms with Crippen LogP contribution in [0.25, 0.3) is 0 Å². The first-order valence-corrected chi connectivity index (χ1v) is 9.93. The number of nitrogens with one attached hydrogen (secondary N) is 4. The topological polar surface area (TPSA) is 133 Å². The van der Waals surface area contributed by atoms with Gasteiger partial charge in [0.2, 0.25) is 11.8 Å². The van der Waals surface area contributed by atoms with Crippen LogP contribution in [0.2, 0.25) is 0 Å². The third-order valence-corrected chi connectivity index (χ3v) is 5.55. The minimum atomic E-state index is -3.09. The summed E-state index contributed by atoms with van der Waals surface area (Å²) < 4.78 is 22.8. The van der Waals surface area contributed by atoms with Crippen LogP contribution >= 0.6 is 0 Å². The Bertz CT molecular complexity index is 791. The highest BCUT2D eigenvalue weighted by atomic mass is 32.2. The lowest BCUT2D eigenvalue weighted by Gasteiger charge is -2.17. The normalized spacial score (nSPS) is 19.2. The molecule has 4 N–H and O–H groups in total. The van der Waals surface area contributed by atoms with Gasteiger partial charge in [-0.3, -0.25) is 9.59 Å². The van der Waals surface area contributed by atoms with Crippen LogP contribution in [0, 0.1) is 0 Å². The van der Waals surface area contributed by atoms with E-state index >= 15 is 0 Å². The fraction of sp³-hybridized carbons (Fsp3) is 0.438. The van der Waals surface area contributed by atoms with E-state index in [2.05, 4.69) is 21.3 Å². The number of urea groups is 1. The molecule has 0 radical (unpaired) electrons. The minimum Gasteiger partial charge on any atom is -0.334 e. The van der Waals surface area contributed by atoms with Gasteiger partial charge in [0, 0.05) is 24.3 Å². The van der Waals surface area contributed by atoms with Gasteiger partial charge < -0.3 is 21.3 Å². The molecule has 2 atom stereocenters. The monoisotopic (exact) mass is 382 g/mol. The highest BCUT2D eigenvalue weighted by Crippen LogP contribution is 2.14. The predicted octanol–water partition coefficient (Wildman–Crippen LogP) is 0.458. The number of benzene rings is 1. The summed E-state index contributed by atoms with van der Waals surface area (Å²) in [7, 11) is -3.09. The molecule has 2 rings (SSSR count). The van der Waals surface area contributed by atoms with Gasteiger partial charge in [-0.1, -0.05) is 0 Å². The van der Waals surface area contributed by atoms with Crippen LogP contribution in [-0.4, -0.2) is 49.9 Å². The molecule has 0 spiro atoms. The zero-order chi connectivity index (χ0) is 19.3. The van der Waals surface area contributed by atoms with E-state index in [1.807, 2.05) is 0 Å². The molecular formula is C16H22N4O5S. The Hall–Kier alpha value is -2.62. The number of hydrogen-bond acceptors (Lipinski definition) is 5. The Balaban J connectivity index is 1.81. The standard InChI is InChI=1S/C16H22N4O5S/c1-10(17-16(23)20-14-7-8-26(24,25)9-14)15(22)19-13-5-3-12(4-6-13)18-11(2)21/h3-6,10,14H,7-9H2,1-2H3,(H,18,21)(H,19,22)(H2,17,20,23). The van der Waals surface area contributed by atoms with Crippen molar-refractivity contribution in [2.24, 2.45) is 0 Å². The van der Waals surface area contributed by atoms with Gasteiger partial charge in [0.25, 0.3) is 0 Å². The molecule has 1 aromatic carbocycles.